The van der Waals surface area contributed by atoms with Gasteiger partial charge in [0.1, 0.15) is 17.0 Å². The maximum Gasteiger partial charge on any atom is 0.393 e. The molecule has 0 saturated heterocycles. The Morgan fingerprint density at radius 2 is 2.14 bits per heavy atom. The van der Waals surface area contributed by atoms with Gasteiger partial charge >= 0.3 is 6.18 Å². The van der Waals surface area contributed by atoms with Crippen LogP contribution in [0.1, 0.15) is 24.1 Å². The van der Waals surface area contributed by atoms with Gasteiger partial charge in [0, 0.05) is 17.0 Å². The van der Waals surface area contributed by atoms with Gasteiger partial charge in [-0.25, -0.2) is 9.97 Å². The van der Waals surface area contributed by atoms with Crippen LogP contribution in [-0.2, 0) is 6.42 Å². The predicted octanol–water partition coefficient (Wildman–Crippen LogP) is 3.09. The molecule has 0 radical (unpaired) electrons. The lowest BCUT2D eigenvalue weighted by molar-refractivity contribution is -0.126. The largest absolute Gasteiger partial charge is 0.393 e. The minimum Gasteiger partial charge on any atom is -0.367 e. The van der Waals surface area contributed by atoms with Crippen LogP contribution in [0.3, 0.4) is 0 Å². The second kappa shape index (κ2) is 5.42. The second-order valence-corrected chi connectivity index (χ2v) is 6.48. The number of thiophene rings is 1. The van der Waals surface area contributed by atoms with Crippen molar-refractivity contribution in [2.75, 3.05) is 5.32 Å². The molecule has 1 fully saturated rings. The van der Waals surface area contributed by atoms with Gasteiger partial charge < -0.3 is 11.1 Å². The lowest BCUT2D eigenvalue weighted by atomic mass is 10.2. The van der Waals surface area contributed by atoms with E-state index in [-0.39, 0.29) is 17.0 Å². The van der Waals surface area contributed by atoms with Gasteiger partial charge in [-0.15, -0.1) is 11.3 Å². The summed E-state index contributed by atoms with van der Waals surface area (Å²) in [5.74, 6) is 0.601. The summed E-state index contributed by atoms with van der Waals surface area (Å²) in [5.41, 5.74) is 5.87. The van der Waals surface area contributed by atoms with Crippen molar-refractivity contribution in [3.8, 4) is 0 Å². The molecule has 0 spiro atoms. The first-order valence-corrected chi connectivity index (χ1v) is 7.54. The van der Waals surface area contributed by atoms with E-state index in [9.17, 15) is 13.2 Å². The number of nitrogens with two attached hydrogens (primary N) is 1. The van der Waals surface area contributed by atoms with E-state index < -0.39 is 12.6 Å². The van der Waals surface area contributed by atoms with Crippen LogP contribution in [0.4, 0.5) is 19.0 Å². The van der Waals surface area contributed by atoms with Crippen molar-refractivity contribution in [1.82, 2.24) is 9.97 Å². The van der Waals surface area contributed by atoms with Crippen LogP contribution >= 0.6 is 11.3 Å². The van der Waals surface area contributed by atoms with E-state index in [1.807, 2.05) is 0 Å². The number of aromatic nitrogens is 2. The van der Waals surface area contributed by atoms with Crippen molar-refractivity contribution in [2.24, 2.45) is 5.73 Å². The van der Waals surface area contributed by atoms with E-state index in [1.54, 1.807) is 0 Å². The first-order chi connectivity index (χ1) is 9.90. The molecule has 0 bridgehead atoms. The molecule has 4 nitrogen and oxygen atoms in total. The van der Waals surface area contributed by atoms with E-state index in [0.29, 0.717) is 16.0 Å². The monoisotopic (exact) mass is 316 g/mol. The predicted molar refractivity (Wildman–Crippen MR) is 76.4 cm³/mol. The summed E-state index contributed by atoms with van der Waals surface area (Å²) in [6, 6.07) is 1.94. The van der Waals surface area contributed by atoms with Crippen LogP contribution in [-0.4, -0.2) is 28.2 Å². The number of halogens is 3. The molecular formula is C13H15F3N4S. The van der Waals surface area contributed by atoms with Crippen LogP contribution < -0.4 is 11.1 Å². The van der Waals surface area contributed by atoms with E-state index in [0.717, 1.165) is 30.6 Å². The Balaban J connectivity index is 1.85. The van der Waals surface area contributed by atoms with Gasteiger partial charge in [0.25, 0.3) is 0 Å². The minimum absolute atomic E-state index is 0.183. The molecule has 114 valence electrons. The van der Waals surface area contributed by atoms with Crippen LogP contribution in [0, 0.1) is 0 Å². The van der Waals surface area contributed by atoms with Crippen LogP contribution in [0.2, 0.25) is 0 Å². The van der Waals surface area contributed by atoms with E-state index in [4.69, 9.17) is 5.73 Å². The number of nitrogens with zero attached hydrogens (tertiary/aromatic N) is 2. The third-order valence-electron chi connectivity index (χ3n) is 3.57. The van der Waals surface area contributed by atoms with Crippen molar-refractivity contribution in [2.45, 2.75) is 43.9 Å². The highest BCUT2D eigenvalue weighted by atomic mass is 32.1. The van der Waals surface area contributed by atoms with Gasteiger partial charge in [0.05, 0.1) is 11.8 Å². The number of alkyl halides is 3. The molecule has 2 atom stereocenters. The Hall–Kier alpha value is -1.41. The molecule has 2 aromatic heterocycles. The van der Waals surface area contributed by atoms with Gasteiger partial charge in [0.2, 0.25) is 0 Å². The third-order valence-corrected chi connectivity index (χ3v) is 4.61. The molecule has 1 aliphatic carbocycles. The summed E-state index contributed by atoms with van der Waals surface area (Å²) in [4.78, 5) is 9.06. The first kappa shape index (κ1) is 14.5. The Labute approximate surface area is 123 Å². The Morgan fingerprint density at radius 3 is 2.81 bits per heavy atom. The van der Waals surface area contributed by atoms with Crippen molar-refractivity contribution in [3.63, 3.8) is 0 Å². The lowest BCUT2D eigenvalue weighted by Gasteiger charge is -2.13. The molecule has 1 aliphatic rings. The summed E-state index contributed by atoms with van der Waals surface area (Å²) in [5, 5.41) is 3.94. The summed E-state index contributed by atoms with van der Waals surface area (Å²) >= 11 is 1.06. The molecule has 8 heteroatoms. The fourth-order valence-corrected chi connectivity index (χ4v) is 3.67. The highest BCUT2D eigenvalue weighted by Gasteiger charge is 2.29. The summed E-state index contributed by atoms with van der Waals surface area (Å²) in [6.07, 6.45) is -0.999. The van der Waals surface area contributed by atoms with Crippen molar-refractivity contribution < 1.29 is 13.2 Å². The van der Waals surface area contributed by atoms with Crippen molar-refractivity contribution >= 4 is 27.4 Å². The van der Waals surface area contributed by atoms with Gasteiger partial charge in [-0.05, 0) is 25.3 Å². The smallest absolute Gasteiger partial charge is 0.367 e. The molecule has 0 aliphatic heterocycles. The fourth-order valence-electron chi connectivity index (χ4n) is 2.65. The number of anilines is 1. The number of fused-ring (bicyclic) bond motifs is 1. The number of hydrogen-bond acceptors (Lipinski definition) is 5. The topological polar surface area (TPSA) is 63.8 Å². The lowest BCUT2D eigenvalue weighted by Crippen LogP contribution is -2.21. The van der Waals surface area contributed by atoms with Crippen molar-refractivity contribution in [3.05, 3.63) is 17.3 Å². The standard InChI is InChI=1S/C13H15F3N4S/c14-13(15,16)5-9-4-10-11(18-6-19-12(10)21-9)20-8-2-1-7(17)3-8/h4,6-8H,1-3,5,17H2,(H,18,19,20). The second-order valence-electron chi connectivity index (χ2n) is 5.36. The number of nitrogens with one attached hydrogen (secondary N) is 1. The highest BCUT2D eigenvalue weighted by molar-refractivity contribution is 7.18. The molecule has 2 unspecified atom stereocenters. The summed E-state index contributed by atoms with van der Waals surface area (Å²) in [7, 11) is 0. The zero-order chi connectivity index (χ0) is 15.0. The quantitative estimate of drug-likeness (QED) is 0.913. The van der Waals surface area contributed by atoms with E-state index in [2.05, 4.69) is 15.3 Å². The molecule has 3 rings (SSSR count). The molecule has 3 N–H and O–H groups in total. The highest BCUT2D eigenvalue weighted by Crippen LogP contribution is 2.33. The molecule has 2 heterocycles. The molecule has 2 aromatic rings. The van der Waals surface area contributed by atoms with Crippen LogP contribution in [0.25, 0.3) is 10.2 Å². The molecule has 0 aromatic carbocycles. The fraction of sp³-hybridized carbons (Fsp3) is 0.538. The zero-order valence-electron chi connectivity index (χ0n) is 11.2. The summed E-state index contributed by atoms with van der Waals surface area (Å²) in [6.45, 7) is 0. The van der Waals surface area contributed by atoms with E-state index in [1.165, 1.54) is 12.4 Å². The Kier molecular flexibility index (Phi) is 3.75. The van der Waals surface area contributed by atoms with Gasteiger partial charge in [-0.2, -0.15) is 13.2 Å². The average Bonchev–Trinajstić information content (AvgIpc) is 2.94. The number of rotatable bonds is 3. The Bertz CT molecular complexity index is 640. The number of hydrogen-bond donors (Lipinski definition) is 2. The molecular weight excluding hydrogens is 301 g/mol. The average molecular weight is 316 g/mol. The molecule has 0 amide bonds. The van der Waals surface area contributed by atoms with Crippen molar-refractivity contribution in [1.29, 1.82) is 0 Å². The zero-order valence-corrected chi connectivity index (χ0v) is 12.0. The summed E-state index contributed by atoms with van der Waals surface area (Å²) < 4.78 is 37.4. The Morgan fingerprint density at radius 1 is 1.33 bits per heavy atom. The maximum atomic E-state index is 12.5. The molecule has 21 heavy (non-hydrogen) atoms. The minimum atomic E-state index is -4.21. The van der Waals surface area contributed by atoms with Crippen LogP contribution in [0.15, 0.2) is 12.4 Å². The van der Waals surface area contributed by atoms with Gasteiger partial charge in [-0.3, -0.25) is 0 Å². The third kappa shape index (κ3) is 3.44. The van der Waals surface area contributed by atoms with E-state index >= 15 is 0 Å². The van der Waals surface area contributed by atoms with Gasteiger partial charge in [0.15, 0.2) is 0 Å². The SMILES string of the molecule is NC1CCC(Nc2ncnc3sc(CC(F)(F)F)cc23)C1. The molecule has 1 saturated carbocycles. The first-order valence-electron chi connectivity index (χ1n) is 6.73. The normalized spacial score (nSPS) is 22.9. The van der Waals surface area contributed by atoms with Gasteiger partial charge in [-0.1, -0.05) is 0 Å². The van der Waals surface area contributed by atoms with Crippen LogP contribution in [0.5, 0.6) is 0 Å². The maximum absolute atomic E-state index is 12.5.